The second kappa shape index (κ2) is 6.70. The Morgan fingerprint density at radius 3 is 2.86 bits per heavy atom. The number of carbonyl (C=O) groups is 1. The monoisotopic (exact) mass is 380 g/mol. The van der Waals surface area contributed by atoms with Crippen LogP contribution in [0.3, 0.4) is 0 Å². The van der Waals surface area contributed by atoms with Gasteiger partial charge in [-0.3, -0.25) is 9.69 Å². The lowest BCUT2D eigenvalue weighted by atomic mass is 9.94. The van der Waals surface area contributed by atoms with Crippen LogP contribution in [0.4, 0.5) is 0 Å². The van der Waals surface area contributed by atoms with Crippen molar-refractivity contribution >= 4 is 16.9 Å². The number of piperidine rings is 1. The van der Waals surface area contributed by atoms with Crippen LogP contribution in [0.25, 0.3) is 11.0 Å². The number of hydrogen-bond donors (Lipinski definition) is 1. The van der Waals surface area contributed by atoms with Gasteiger partial charge in [0.15, 0.2) is 0 Å². The molecule has 28 heavy (non-hydrogen) atoms. The predicted octanol–water partition coefficient (Wildman–Crippen LogP) is 2.30. The van der Waals surface area contributed by atoms with Gasteiger partial charge in [-0.15, -0.1) is 0 Å². The van der Waals surface area contributed by atoms with Crippen molar-refractivity contribution in [1.29, 1.82) is 0 Å². The molecule has 5 heterocycles. The minimum atomic E-state index is 0.0961. The Balaban J connectivity index is 1.36. The first-order valence-electron chi connectivity index (χ1n) is 9.84. The molecule has 3 aliphatic heterocycles. The van der Waals surface area contributed by atoms with Crippen LogP contribution in [0.15, 0.2) is 22.7 Å². The topological polar surface area (TPSA) is 91.2 Å². The van der Waals surface area contributed by atoms with Crippen molar-refractivity contribution in [2.75, 3.05) is 19.6 Å². The number of hydrogen-bond acceptors (Lipinski definition) is 6. The molecule has 3 saturated heterocycles. The van der Waals surface area contributed by atoms with E-state index in [0.29, 0.717) is 11.5 Å². The molecule has 8 nitrogen and oxygen atoms in total. The number of aromatic nitrogens is 4. The third-order valence-electron chi connectivity index (χ3n) is 6.18. The molecule has 0 unspecified atom stereocenters. The van der Waals surface area contributed by atoms with E-state index in [1.807, 2.05) is 32.0 Å². The molecule has 1 amide bonds. The summed E-state index contributed by atoms with van der Waals surface area (Å²) < 4.78 is 5.33. The minimum Gasteiger partial charge on any atom is -0.361 e. The quantitative estimate of drug-likeness (QED) is 0.750. The predicted molar refractivity (Wildman–Crippen MR) is 103 cm³/mol. The average molecular weight is 380 g/mol. The summed E-state index contributed by atoms with van der Waals surface area (Å²) in [5.41, 5.74) is 4.33. The SMILES string of the molecule is Cc1noc(C)c1CN1C[C@H]2CC[C@@H](C1)N(C(=O)c1ccc3n[nH]nc3c1)C2. The van der Waals surface area contributed by atoms with Crippen molar-refractivity contribution in [3.05, 3.63) is 40.8 Å². The number of benzene rings is 1. The van der Waals surface area contributed by atoms with Gasteiger partial charge in [0.05, 0.1) is 5.69 Å². The van der Waals surface area contributed by atoms with Crippen LogP contribution in [-0.2, 0) is 6.54 Å². The fourth-order valence-corrected chi connectivity index (χ4v) is 4.65. The maximum Gasteiger partial charge on any atom is 0.254 e. The molecule has 3 aliphatic rings. The zero-order chi connectivity index (χ0) is 19.3. The molecule has 0 radical (unpaired) electrons. The first-order chi connectivity index (χ1) is 13.6. The van der Waals surface area contributed by atoms with Gasteiger partial charge in [-0.2, -0.15) is 15.4 Å². The van der Waals surface area contributed by atoms with Gasteiger partial charge in [0.1, 0.15) is 16.8 Å². The van der Waals surface area contributed by atoms with Crippen molar-refractivity contribution in [2.45, 2.75) is 39.3 Å². The summed E-state index contributed by atoms with van der Waals surface area (Å²) in [6.45, 7) is 7.51. The number of carbonyl (C=O) groups excluding carboxylic acids is 1. The summed E-state index contributed by atoms with van der Waals surface area (Å²) in [4.78, 5) is 17.8. The summed E-state index contributed by atoms with van der Waals surface area (Å²) >= 11 is 0. The van der Waals surface area contributed by atoms with E-state index in [0.717, 1.165) is 55.1 Å². The van der Waals surface area contributed by atoms with Crippen molar-refractivity contribution < 1.29 is 9.32 Å². The fourth-order valence-electron chi connectivity index (χ4n) is 4.65. The minimum absolute atomic E-state index is 0.0961. The summed E-state index contributed by atoms with van der Waals surface area (Å²) in [6.07, 6.45) is 2.23. The molecule has 3 aromatic rings. The fraction of sp³-hybridized carbons (Fsp3) is 0.500. The van der Waals surface area contributed by atoms with E-state index in [4.69, 9.17) is 4.52 Å². The summed E-state index contributed by atoms with van der Waals surface area (Å²) in [6, 6.07) is 5.78. The van der Waals surface area contributed by atoms with Gasteiger partial charge in [0, 0.05) is 43.3 Å². The first kappa shape index (κ1) is 17.4. The molecular formula is C20H24N6O2. The first-order valence-corrected chi connectivity index (χ1v) is 9.84. The number of amides is 1. The zero-order valence-corrected chi connectivity index (χ0v) is 16.2. The maximum atomic E-state index is 13.3. The van der Waals surface area contributed by atoms with E-state index in [1.54, 1.807) is 0 Å². The van der Waals surface area contributed by atoms with Crippen LogP contribution >= 0.6 is 0 Å². The Labute approximate surface area is 162 Å². The lowest BCUT2D eigenvalue weighted by Gasteiger charge is -2.36. The van der Waals surface area contributed by atoms with Gasteiger partial charge in [0.2, 0.25) is 0 Å². The standard InChI is InChI=1S/C20H24N6O2/c1-12-17(13(2)28-23-12)11-25-8-14-3-5-16(10-25)26(9-14)20(27)15-4-6-18-19(7-15)22-24-21-18/h4,6-7,14,16H,3,5,8-11H2,1-2H3,(H,21,22,24)/t14-,16+/m1/s1. The van der Waals surface area contributed by atoms with Crippen LogP contribution < -0.4 is 0 Å². The zero-order valence-electron chi connectivity index (χ0n) is 16.2. The largest absolute Gasteiger partial charge is 0.361 e. The molecule has 2 atom stereocenters. The van der Waals surface area contributed by atoms with Crippen molar-refractivity contribution in [3.63, 3.8) is 0 Å². The van der Waals surface area contributed by atoms with Crippen LogP contribution in [0.2, 0.25) is 0 Å². The lowest BCUT2D eigenvalue weighted by Crippen LogP contribution is -2.47. The summed E-state index contributed by atoms with van der Waals surface area (Å²) in [7, 11) is 0. The van der Waals surface area contributed by atoms with Gasteiger partial charge in [-0.05, 0) is 50.8 Å². The van der Waals surface area contributed by atoms with Crippen molar-refractivity contribution in [1.82, 2.24) is 30.4 Å². The molecule has 2 bridgehead atoms. The number of H-pyrrole nitrogens is 1. The molecule has 8 heteroatoms. The second-order valence-electron chi connectivity index (χ2n) is 8.08. The van der Waals surface area contributed by atoms with Crippen LogP contribution in [-0.4, -0.2) is 62.0 Å². The smallest absolute Gasteiger partial charge is 0.254 e. The number of fused-ring (bicyclic) bond motifs is 5. The Morgan fingerprint density at radius 1 is 1.18 bits per heavy atom. The van der Waals surface area contributed by atoms with Gasteiger partial charge >= 0.3 is 0 Å². The molecule has 0 spiro atoms. The Bertz CT molecular complexity index is 1010. The summed E-state index contributed by atoms with van der Waals surface area (Å²) in [5, 5.41) is 14.9. The lowest BCUT2D eigenvalue weighted by molar-refractivity contribution is 0.0585. The van der Waals surface area contributed by atoms with Crippen LogP contribution in [0, 0.1) is 19.8 Å². The molecule has 146 valence electrons. The Hall–Kier alpha value is -2.74. The second-order valence-corrected chi connectivity index (χ2v) is 8.08. The normalized spacial score (nSPS) is 22.7. The molecule has 1 aromatic carbocycles. The van der Waals surface area contributed by atoms with Gasteiger partial charge in [-0.1, -0.05) is 5.16 Å². The van der Waals surface area contributed by atoms with Crippen LogP contribution in [0.5, 0.6) is 0 Å². The number of aryl methyl sites for hydroxylation is 2. The van der Waals surface area contributed by atoms with Gasteiger partial charge in [-0.25, -0.2) is 0 Å². The number of nitrogens with one attached hydrogen (secondary N) is 1. The van der Waals surface area contributed by atoms with E-state index >= 15 is 0 Å². The van der Waals surface area contributed by atoms with E-state index in [-0.39, 0.29) is 11.9 Å². The molecule has 1 N–H and O–H groups in total. The van der Waals surface area contributed by atoms with E-state index < -0.39 is 0 Å². The third kappa shape index (κ3) is 2.97. The number of aromatic amines is 1. The van der Waals surface area contributed by atoms with E-state index in [2.05, 4.69) is 30.4 Å². The number of nitrogens with zero attached hydrogens (tertiary/aromatic N) is 5. The molecule has 6 rings (SSSR count). The molecule has 0 aliphatic carbocycles. The molecule has 3 fully saturated rings. The van der Waals surface area contributed by atoms with Gasteiger partial charge in [0.25, 0.3) is 5.91 Å². The average Bonchev–Trinajstić information content (AvgIpc) is 3.17. The third-order valence-corrected chi connectivity index (χ3v) is 6.18. The number of rotatable bonds is 3. The highest BCUT2D eigenvalue weighted by Gasteiger charge is 2.37. The molecule has 2 aromatic heterocycles. The Morgan fingerprint density at radius 2 is 2.04 bits per heavy atom. The highest BCUT2D eigenvalue weighted by molar-refractivity contribution is 5.97. The molecular weight excluding hydrogens is 356 g/mol. The van der Waals surface area contributed by atoms with Crippen molar-refractivity contribution in [2.24, 2.45) is 5.92 Å². The maximum absolute atomic E-state index is 13.3. The Kier molecular flexibility index (Phi) is 4.16. The summed E-state index contributed by atoms with van der Waals surface area (Å²) in [5.74, 6) is 1.49. The van der Waals surface area contributed by atoms with Crippen LogP contribution in [0.1, 0.15) is 40.2 Å². The van der Waals surface area contributed by atoms with Crippen molar-refractivity contribution in [3.8, 4) is 0 Å². The van der Waals surface area contributed by atoms with Gasteiger partial charge < -0.3 is 9.42 Å². The van der Waals surface area contributed by atoms with E-state index in [1.165, 1.54) is 12.0 Å². The highest BCUT2D eigenvalue weighted by atomic mass is 16.5. The molecule has 0 saturated carbocycles. The highest BCUT2D eigenvalue weighted by Crippen LogP contribution is 2.31. The van der Waals surface area contributed by atoms with E-state index in [9.17, 15) is 4.79 Å².